The Bertz CT molecular complexity index is 592. The number of hydrogen-bond acceptors (Lipinski definition) is 5. The predicted molar refractivity (Wildman–Crippen MR) is 70.3 cm³/mol. The van der Waals surface area contributed by atoms with E-state index in [1.54, 1.807) is 25.6 Å². The summed E-state index contributed by atoms with van der Waals surface area (Å²) in [6, 6.07) is 9.52. The second kappa shape index (κ2) is 6.47. The van der Waals surface area contributed by atoms with E-state index in [2.05, 4.69) is 15.3 Å². The molecule has 2 heterocycles. The fourth-order valence-corrected chi connectivity index (χ4v) is 1.67. The SMILES string of the molecule is COc1cc(CNCc2ccnc(C#N)c2)ccn1. The molecule has 0 spiro atoms. The molecule has 19 heavy (non-hydrogen) atoms. The van der Waals surface area contributed by atoms with Gasteiger partial charge in [-0.15, -0.1) is 0 Å². The Hall–Kier alpha value is -2.45. The number of aromatic nitrogens is 2. The zero-order valence-electron chi connectivity index (χ0n) is 10.6. The molecular formula is C14H14N4O. The van der Waals surface area contributed by atoms with E-state index in [4.69, 9.17) is 10.00 Å². The molecule has 0 aliphatic carbocycles. The molecule has 0 saturated heterocycles. The fraction of sp³-hybridized carbons (Fsp3) is 0.214. The summed E-state index contributed by atoms with van der Waals surface area (Å²) in [4.78, 5) is 7.99. The van der Waals surface area contributed by atoms with Crippen molar-refractivity contribution >= 4 is 0 Å². The Morgan fingerprint density at radius 3 is 2.53 bits per heavy atom. The summed E-state index contributed by atoms with van der Waals surface area (Å²) in [6.07, 6.45) is 3.36. The van der Waals surface area contributed by atoms with Crippen molar-refractivity contribution in [3.8, 4) is 11.9 Å². The molecule has 0 aliphatic rings. The molecule has 2 rings (SSSR count). The lowest BCUT2D eigenvalue weighted by Gasteiger charge is -2.06. The molecule has 5 heteroatoms. The molecule has 0 fully saturated rings. The number of rotatable bonds is 5. The number of nitrogens with zero attached hydrogens (tertiary/aromatic N) is 3. The highest BCUT2D eigenvalue weighted by atomic mass is 16.5. The van der Waals surface area contributed by atoms with Gasteiger partial charge in [0.05, 0.1) is 7.11 Å². The van der Waals surface area contributed by atoms with Crippen molar-refractivity contribution in [3.63, 3.8) is 0 Å². The van der Waals surface area contributed by atoms with Gasteiger partial charge in [0.1, 0.15) is 11.8 Å². The summed E-state index contributed by atoms with van der Waals surface area (Å²) in [7, 11) is 1.60. The lowest BCUT2D eigenvalue weighted by atomic mass is 10.2. The second-order valence-corrected chi connectivity index (χ2v) is 3.97. The van der Waals surface area contributed by atoms with Gasteiger partial charge in [-0.3, -0.25) is 0 Å². The Kier molecular flexibility index (Phi) is 4.43. The van der Waals surface area contributed by atoms with Crippen LogP contribution in [0, 0.1) is 11.3 Å². The average molecular weight is 254 g/mol. The first-order valence-corrected chi connectivity index (χ1v) is 5.86. The predicted octanol–water partition coefficient (Wildman–Crippen LogP) is 1.65. The zero-order chi connectivity index (χ0) is 13.5. The van der Waals surface area contributed by atoms with Gasteiger partial charge in [0.25, 0.3) is 0 Å². The molecular weight excluding hydrogens is 240 g/mol. The quantitative estimate of drug-likeness (QED) is 0.878. The van der Waals surface area contributed by atoms with Crippen molar-refractivity contribution in [2.24, 2.45) is 0 Å². The standard InChI is InChI=1S/C14H14N4O/c1-19-14-7-12(3-5-18-14)10-16-9-11-2-4-17-13(6-11)8-15/h2-7,16H,9-10H2,1H3. The second-order valence-electron chi connectivity index (χ2n) is 3.97. The van der Waals surface area contributed by atoms with E-state index < -0.39 is 0 Å². The van der Waals surface area contributed by atoms with Gasteiger partial charge in [0, 0.05) is 31.5 Å². The third kappa shape index (κ3) is 3.76. The molecule has 0 saturated carbocycles. The molecule has 0 unspecified atom stereocenters. The van der Waals surface area contributed by atoms with Crippen molar-refractivity contribution in [2.75, 3.05) is 7.11 Å². The maximum absolute atomic E-state index is 8.77. The number of hydrogen-bond donors (Lipinski definition) is 1. The molecule has 0 bridgehead atoms. The maximum Gasteiger partial charge on any atom is 0.213 e. The number of methoxy groups -OCH3 is 1. The zero-order valence-corrected chi connectivity index (χ0v) is 10.6. The van der Waals surface area contributed by atoms with E-state index in [1.165, 1.54) is 0 Å². The van der Waals surface area contributed by atoms with Gasteiger partial charge >= 0.3 is 0 Å². The molecule has 0 aliphatic heterocycles. The summed E-state index contributed by atoms with van der Waals surface area (Å²) >= 11 is 0. The Morgan fingerprint density at radius 2 is 1.84 bits per heavy atom. The minimum Gasteiger partial charge on any atom is -0.481 e. The molecule has 0 atom stereocenters. The van der Waals surface area contributed by atoms with Crippen LogP contribution in [0.4, 0.5) is 0 Å². The van der Waals surface area contributed by atoms with Gasteiger partial charge < -0.3 is 10.1 Å². The molecule has 0 radical (unpaired) electrons. The Morgan fingerprint density at radius 1 is 1.16 bits per heavy atom. The van der Waals surface area contributed by atoms with Crippen molar-refractivity contribution in [1.82, 2.24) is 15.3 Å². The van der Waals surface area contributed by atoms with Gasteiger partial charge in [0.15, 0.2) is 0 Å². The molecule has 96 valence electrons. The summed E-state index contributed by atoms with van der Waals surface area (Å²) in [6.45, 7) is 1.39. The van der Waals surface area contributed by atoms with Crippen LogP contribution in [0.1, 0.15) is 16.8 Å². The lowest BCUT2D eigenvalue weighted by molar-refractivity contribution is 0.397. The van der Waals surface area contributed by atoms with Crippen molar-refractivity contribution < 1.29 is 4.74 Å². The summed E-state index contributed by atoms with van der Waals surface area (Å²) in [5.41, 5.74) is 2.57. The molecule has 0 aromatic carbocycles. The number of ether oxygens (including phenoxy) is 1. The largest absolute Gasteiger partial charge is 0.481 e. The van der Waals surface area contributed by atoms with Gasteiger partial charge in [-0.2, -0.15) is 5.26 Å². The smallest absolute Gasteiger partial charge is 0.213 e. The van der Waals surface area contributed by atoms with Gasteiger partial charge in [-0.25, -0.2) is 9.97 Å². The van der Waals surface area contributed by atoms with Crippen LogP contribution in [-0.2, 0) is 13.1 Å². The highest BCUT2D eigenvalue weighted by molar-refractivity contribution is 5.25. The number of nitrogens with one attached hydrogen (secondary N) is 1. The van der Waals surface area contributed by atoms with Crippen molar-refractivity contribution in [2.45, 2.75) is 13.1 Å². The topological polar surface area (TPSA) is 70.8 Å². The van der Waals surface area contributed by atoms with Crippen LogP contribution >= 0.6 is 0 Å². The molecule has 0 amide bonds. The van der Waals surface area contributed by atoms with E-state index in [-0.39, 0.29) is 0 Å². The lowest BCUT2D eigenvalue weighted by Crippen LogP contribution is -2.13. The normalized spacial score (nSPS) is 9.89. The molecule has 5 nitrogen and oxygen atoms in total. The summed E-state index contributed by atoms with van der Waals surface area (Å²) in [5, 5.41) is 12.1. The van der Waals surface area contributed by atoms with Crippen LogP contribution < -0.4 is 10.1 Å². The van der Waals surface area contributed by atoms with Gasteiger partial charge in [-0.1, -0.05) is 0 Å². The first-order chi connectivity index (χ1) is 9.31. The van der Waals surface area contributed by atoms with E-state index in [9.17, 15) is 0 Å². The molecule has 2 aromatic heterocycles. The molecule has 1 N–H and O–H groups in total. The van der Waals surface area contributed by atoms with Gasteiger partial charge in [0.2, 0.25) is 5.88 Å². The summed E-state index contributed by atoms with van der Waals surface area (Å²) < 4.78 is 5.07. The van der Waals surface area contributed by atoms with Crippen LogP contribution in [0.15, 0.2) is 36.7 Å². The van der Waals surface area contributed by atoms with E-state index in [0.717, 1.165) is 11.1 Å². The molecule has 2 aromatic rings. The van der Waals surface area contributed by atoms with Crippen LogP contribution in [0.25, 0.3) is 0 Å². The average Bonchev–Trinajstić information content (AvgIpc) is 2.48. The summed E-state index contributed by atoms with van der Waals surface area (Å²) in [5.74, 6) is 0.606. The third-order valence-electron chi connectivity index (χ3n) is 2.61. The Balaban J connectivity index is 1.90. The fourth-order valence-electron chi connectivity index (χ4n) is 1.67. The number of pyridine rings is 2. The minimum absolute atomic E-state index is 0.435. The number of nitriles is 1. The van der Waals surface area contributed by atoms with Crippen molar-refractivity contribution in [3.05, 3.63) is 53.5 Å². The van der Waals surface area contributed by atoms with Gasteiger partial charge in [-0.05, 0) is 29.3 Å². The first kappa shape index (κ1) is 13.0. The highest BCUT2D eigenvalue weighted by Crippen LogP contribution is 2.08. The van der Waals surface area contributed by atoms with Crippen LogP contribution in [-0.4, -0.2) is 17.1 Å². The van der Waals surface area contributed by atoms with E-state index in [0.29, 0.717) is 24.7 Å². The Labute approximate surface area is 111 Å². The first-order valence-electron chi connectivity index (χ1n) is 5.86. The minimum atomic E-state index is 0.435. The van der Waals surface area contributed by atoms with Crippen molar-refractivity contribution in [1.29, 1.82) is 5.26 Å². The van der Waals surface area contributed by atoms with Crippen LogP contribution in [0.3, 0.4) is 0 Å². The maximum atomic E-state index is 8.77. The van der Waals surface area contributed by atoms with Crippen LogP contribution in [0.2, 0.25) is 0 Å². The highest BCUT2D eigenvalue weighted by Gasteiger charge is 1.99. The van der Waals surface area contributed by atoms with E-state index >= 15 is 0 Å². The van der Waals surface area contributed by atoms with Crippen LogP contribution in [0.5, 0.6) is 5.88 Å². The third-order valence-corrected chi connectivity index (χ3v) is 2.61. The van der Waals surface area contributed by atoms with E-state index in [1.807, 2.05) is 24.3 Å². The monoisotopic (exact) mass is 254 g/mol.